The predicted molar refractivity (Wildman–Crippen MR) is 105 cm³/mol. The van der Waals surface area contributed by atoms with Crippen LogP contribution in [-0.2, 0) is 0 Å². The first-order valence-corrected chi connectivity index (χ1v) is 9.58. The number of carbonyl (C=O) groups excluding carboxylic acids is 1. The van der Waals surface area contributed by atoms with Gasteiger partial charge in [0.1, 0.15) is 17.3 Å². The third-order valence-corrected chi connectivity index (χ3v) is 4.56. The van der Waals surface area contributed by atoms with E-state index in [4.69, 9.17) is 0 Å². The van der Waals surface area contributed by atoms with Crippen molar-refractivity contribution in [3.05, 3.63) is 36.0 Å². The van der Waals surface area contributed by atoms with Gasteiger partial charge in [-0.2, -0.15) is 0 Å². The molecule has 0 radical (unpaired) electrons. The normalized spacial score (nSPS) is 14.3. The summed E-state index contributed by atoms with van der Waals surface area (Å²) in [6.07, 6.45) is 6.75. The monoisotopic (exact) mass is 369 g/mol. The van der Waals surface area contributed by atoms with Crippen molar-refractivity contribution in [2.75, 3.05) is 42.5 Å². The van der Waals surface area contributed by atoms with Gasteiger partial charge in [-0.05, 0) is 19.4 Å². The van der Waals surface area contributed by atoms with E-state index in [1.165, 1.54) is 0 Å². The number of nitrogens with zero attached hydrogens (tertiary/aromatic N) is 6. The van der Waals surface area contributed by atoms with Gasteiger partial charge in [0, 0.05) is 51.2 Å². The molecule has 0 unspecified atom stereocenters. The Bertz CT molecular complexity index is 745. The minimum absolute atomic E-state index is 0.130. The van der Waals surface area contributed by atoms with E-state index >= 15 is 0 Å². The Morgan fingerprint density at radius 1 is 1.07 bits per heavy atom. The number of piperazine rings is 1. The molecule has 1 N–H and O–H groups in total. The summed E-state index contributed by atoms with van der Waals surface area (Å²) in [4.78, 5) is 34.2. The molecule has 0 aromatic carbocycles. The van der Waals surface area contributed by atoms with Crippen molar-refractivity contribution in [2.45, 2.75) is 33.1 Å². The molecule has 3 heterocycles. The summed E-state index contributed by atoms with van der Waals surface area (Å²) in [7, 11) is 0. The highest BCUT2D eigenvalue weighted by Crippen LogP contribution is 2.17. The average molecular weight is 369 g/mol. The highest BCUT2D eigenvalue weighted by Gasteiger charge is 2.21. The van der Waals surface area contributed by atoms with Crippen LogP contribution < -0.4 is 15.1 Å². The van der Waals surface area contributed by atoms with Gasteiger partial charge in [0.05, 0.1) is 0 Å². The quantitative estimate of drug-likeness (QED) is 0.745. The van der Waals surface area contributed by atoms with Crippen molar-refractivity contribution >= 4 is 17.7 Å². The molecule has 1 amide bonds. The van der Waals surface area contributed by atoms with Gasteiger partial charge in [-0.15, -0.1) is 0 Å². The third-order valence-electron chi connectivity index (χ3n) is 4.56. The molecule has 8 heteroatoms. The summed E-state index contributed by atoms with van der Waals surface area (Å²) in [5.41, 5.74) is 0.433. The van der Waals surface area contributed by atoms with Gasteiger partial charge in [-0.1, -0.05) is 19.8 Å². The van der Waals surface area contributed by atoms with Crippen LogP contribution in [0.3, 0.4) is 0 Å². The summed E-state index contributed by atoms with van der Waals surface area (Å²) in [5.74, 6) is 2.03. The van der Waals surface area contributed by atoms with Crippen LogP contribution in [0.25, 0.3) is 0 Å². The number of unbranched alkanes of at least 4 members (excludes halogenated alkanes) is 2. The summed E-state index contributed by atoms with van der Waals surface area (Å²) in [6, 6.07) is 3.61. The molecular formula is C19H27N7O. The number of anilines is 2. The Kier molecular flexibility index (Phi) is 6.51. The number of hydrogen-bond acceptors (Lipinski definition) is 7. The zero-order valence-electron chi connectivity index (χ0n) is 16.1. The fourth-order valence-electron chi connectivity index (χ4n) is 3.09. The Hall–Kier alpha value is -2.77. The van der Waals surface area contributed by atoms with Crippen LogP contribution in [0.5, 0.6) is 0 Å². The molecule has 3 rings (SSSR count). The van der Waals surface area contributed by atoms with Crippen LogP contribution in [0, 0.1) is 6.92 Å². The predicted octanol–water partition coefficient (Wildman–Crippen LogP) is 1.82. The van der Waals surface area contributed by atoms with E-state index < -0.39 is 0 Å². The van der Waals surface area contributed by atoms with Crippen molar-refractivity contribution in [3.63, 3.8) is 0 Å². The lowest BCUT2D eigenvalue weighted by atomic mass is 10.2. The van der Waals surface area contributed by atoms with E-state index in [1.807, 2.05) is 13.0 Å². The third kappa shape index (κ3) is 5.12. The van der Waals surface area contributed by atoms with Gasteiger partial charge in [0.25, 0.3) is 5.91 Å². The number of aromatic nitrogens is 4. The summed E-state index contributed by atoms with van der Waals surface area (Å²) in [6.45, 7) is 7.87. The number of carbonyl (C=O) groups is 1. The molecule has 0 saturated carbocycles. The van der Waals surface area contributed by atoms with E-state index in [9.17, 15) is 4.79 Å². The SMILES string of the molecule is CCCCCNC(=O)c1cc(N2CCN(c3ncccn3)CC2)nc(C)n1. The summed E-state index contributed by atoms with van der Waals surface area (Å²) in [5, 5.41) is 2.95. The second kappa shape index (κ2) is 9.25. The van der Waals surface area contributed by atoms with E-state index in [2.05, 4.69) is 42.0 Å². The maximum atomic E-state index is 12.4. The first kappa shape index (κ1) is 19.0. The van der Waals surface area contributed by atoms with Crippen LogP contribution in [-0.4, -0.2) is 58.6 Å². The lowest BCUT2D eigenvalue weighted by Gasteiger charge is -2.35. The largest absolute Gasteiger partial charge is 0.353 e. The lowest BCUT2D eigenvalue weighted by molar-refractivity contribution is 0.0947. The van der Waals surface area contributed by atoms with Gasteiger partial charge >= 0.3 is 0 Å². The number of aryl methyl sites for hydroxylation is 1. The Balaban J connectivity index is 1.62. The second-order valence-corrected chi connectivity index (χ2v) is 6.64. The molecule has 1 fully saturated rings. The van der Waals surface area contributed by atoms with Crippen LogP contribution >= 0.6 is 0 Å². The standard InChI is InChI=1S/C19H27N7O/c1-3-4-5-7-20-18(27)16-14-17(24-15(2)23-16)25-10-12-26(13-11-25)19-21-8-6-9-22-19/h6,8-9,14H,3-5,7,10-13H2,1-2H3,(H,20,27). The van der Waals surface area contributed by atoms with Crippen LogP contribution in [0.1, 0.15) is 42.5 Å². The van der Waals surface area contributed by atoms with Crippen molar-refractivity contribution < 1.29 is 4.79 Å². The van der Waals surface area contributed by atoms with Gasteiger partial charge in [-0.25, -0.2) is 19.9 Å². The second-order valence-electron chi connectivity index (χ2n) is 6.64. The number of rotatable bonds is 7. The fourth-order valence-corrected chi connectivity index (χ4v) is 3.09. The molecule has 2 aromatic heterocycles. The average Bonchev–Trinajstić information content (AvgIpc) is 2.71. The van der Waals surface area contributed by atoms with Crippen molar-refractivity contribution in [3.8, 4) is 0 Å². The van der Waals surface area contributed by atoms with Gasteiger partial charge < -0.3 is 15.1 Å². The maximum Gasteiger partial charge on any atom is 0.270 e. The zero-order valence-corrected chi connectivity index (χ0v) is 16.1. The number of nitrogens with one attached hydrogen (secondary N) is 1. The summed E-state index contributed by atoms with van der Waals surface area (Å²) >= 11 is 0. The maximum absolute atomic E-state index is 12.4. The lowest BCUT2D eigenvalue weighted by Crippen LogP contribution is -2.47. The first-order chi connectivity index (χ1) is 13.2. The number of hydrogen-bond donors (Lipinski definition) is 1. The van der Waals surface area contributed by atoms with Crippen molar-refractivity contribution in [1.82, 2.24) is 25.3 Å². The minimum atomic E-state index is -0.130. The topological polar surface area (TPSA) is 87.1 Å². The first-order valence-electron chi connectivity index (χ1n) is 9.58. The molecule has 1 aliphatic heterocycles. The molecule has 27 heavy (non-hydrogen) atoms. The molecule has 1 aliphatic rings. The molecule has 0 bridgehead atoms. The Morgan fingerprint density at radius 2 is 1.78 bits per heavy atom. The smallest absolute Gasteiger partial charge is 0.270 e. The summed E-state index contributed by atoms with van der Waals surface area (Å²) < 4.78 is 0. The molecule has 2 aromatic rings. The van der Waals surface area contributed by atoms with Crippen molar-refractivity contribution in [2.24, 2.45) is 0 Å². The molecule has 0 aliphatic carbocycles. The van der Waals surface area contributed by atoms with E-state index in [0.29, 0.717) is 18.1 Å². The molecule has 0 spiro atoms. The van der Waals surface area contributed by atoms with Gasteiger partial charge in [0.15, 0.2) is 0 Å². The van der Waals surface area contributed by atoms with Crippen LogP contribution in [0.15, 0.2) is 24.5 Å². The minimum Gasteiger partial charge on any atom is -0.353 e. The van der Waals surface area contributed by atoms with Gasteiger partial charge in [-0.3, -0.25) is 4.79 Å². The number of amides is 1. The molecule has 144 valence electrons. The highest BCUT2D eigenvalue weighted by molar-refractivity contribution is 5.92. The molecule has 8 nitrogen and oxygen atoms in total. The Labute approximate surface area is 160 Å². The van der Waals surface area contributed by atoms with E-state index in [1.54, 1.807) is 18.5 Å². The highest BCUT2D eigenvalue weighted by atomic mass is 16.1. The van der Waals surface area contributed by atoms with Gasteiger partial charge in [0.2, 0.25) is 5.95 Å². The fraction of sp³-hybridized carbons (Fsp3) is 0.526. The zero-order chi connectivity index (χ0) is 19.1. The van der Waals surface area contributed by atoms with Crippen molar-refractivity contribution in [1.29, 1.82) is 0 Å². The molecule has 0 atom stereocenters. The van der Waals surface area contributed by atoms with Crippen LogP contribution in [0.4, 0.5) is 11.8 Å². The molecular weight excluding hydrogens is 342 g/mol. The van der Waals surface area contributed by atoms with E-state index in [-0.39, 0.29) is 5.91 Å². The molecule has 1 saturated heterocycles. The Morgan fingerprint density at radius 3 is 2.48 bits per heavy atom. The van der Waals surface area contributed by atoms with E-state index in [0.717, 1.165) is 57.2 Å². The van der Waals surface area contributed by atoms with Crippen LogP contribution in [0.2, 0.25) is 0 Å².